The molecule has 0 saturated carbocycles. The van der Waals surface area contributed by atoms with Gasteiger partial charge in [0.25, 0.3) is 0 Å². The number of nitrogens with two attached hydrogens (primary N) is 1. The van der Waals surface area contributed by atoms with E-state index in [-0.39, 0.29) is 0 Å². The number of rotatable bonds is 4. The molecule has 0 bridgehead atoms. The molecule has 2 saturated heterocycles. The highest BCUT2D eigenvalue weighted by Crippen LogP contribution is 2.26. The van der Waals surface area contributed by atoms with Crippen LogP contribution in [-0.4, -0.2) is 42.6 Å². The Balaban J connectivity index is 1.55. The SMILES string of the molecule is NCc1cc(N2CCC(CN3CCCC3)CC2)ncc1Cl. The number of aromatic nitrogens is 1. The lowest BCUT2D eigenvalue weighted by atomic mass is 9.96. The molecule has 5 heteroatoms. The molecule has 116 valence electrons. The van der Waals surface area contributed by atoms with Crippen LogP contribution in [0.4, 0.5) is 5.82 Å². The van der Waals surface area contributed by atoms with Crippen molar-refractivity contribution >= 4 is 17.4 Å². The highest BCUT2D eigenvalue weighted by atomic mass is 35.5. The molecule has 0 aliphatic carbocycles. The smallest absolute Gasteiger partial charge is 0.128 e. The summed E-state index contributed by atoms with van der Waals surface area (Å²) >= 11 is 6.09. The van der Waals surface area contributed by atoms with Crippen LogP contribution in [0.1, 0.15) is 31.2 Å². The van der Waals surface area contributed by atoms with Crippen molar-refractivity contribution in [3.05, 3.63) is 22.8 Å². The molecule has 3 heterocycles. The minimum atomic E-state index is 0.472. The summed E-state index contributed by atoms with van der Waals surface area (Å²) < 4.78 is 0. The van der Waals surface area contributed by atoms with Gasteiger partial charge < -0.3 is 15.5 Å². The number of pyridine rings is 1. The summed E-state index contributed by atoms with van der Waals surface area (Å²) in [7, 11) is 0. The van der Waals surface area contributed by atoms with E-state index in [4.69, 9.17) is 17.3 Å². The summed E-state index contributed by atoms with van der Waals surface area (Å²) in [4.78, 5) is 9.47. The Labute approximate surface area is 132 Å². The summed E-state index contributed by atoms with van der Waals surface area (Å²) in [5, 5.41) is 0.671. The number of hydrogen-bond acceptors (Lipinski definition) is 4. The van der Waals surface area contributed by atoms with Crippen LogP contribution in [0.2, 0.25) is 5.02 Å². The molecule has 21 heavy (non-hydrogen) atoms. The molecule has 2 aliphatic rings. The van der Waals surface area contributed by atoms with Crippen molar-refractivity contribution in [2.24, 2.45) is 11.7 Å². The quantitative estimate of drug-likeness (QED) is 0.928. The molecule has 1 aromatic heterocycles. The average Bonchev–Trinajstić information content (AvgIpc) is 3.02. The second kappa shape index (κ2) is 6.95. The van der Waals surface area contributed by atoms with Crippen LogP contribution < -0.4 is 10.6 Å². The number of likely N-dealkylation sites (tertiary alicyclic amines) is 1. The molecule has 0 aromatic carbocycles. The van der Waals surface area contributed by atoms with Crippen molar-refractivity contribution in [1.82, 2.24) is 9.88 Å². The van der Waals surface area contributed by atoms with Crippen molar-refractivity contribution in [2.45, 2.75) is 32.2 Å². The van der Waals surface area contributed by atoms with Crippen LogP contribution in [0.25, 0.3) is 0 Å². The molecule has 0 atom stereocenters. The van der Waals surface area contributed by atoms with Crippen molar-refractivity contribution < 1.29 is 0 Å². The molecular weight excluding hydrogens is 284 g/mol. The minimum absolute atomic E-state index is 0.472. The first-order valence-corrected chi connectivity index (χ1v) is 8.46. The Hall–Kier alpha value is -0.840. The Morgan fingerprint density at radius 1 is 1.19 bits per heavy atom. The first-order valence-electron chi connectivity index (χ1n) is 8.08. The molecular formula is C16H25ClN4. The van der Waals surface area contributed by atoms with E-state index in [9.17, 15) is 0 Å². The van der Waals surface area contributed by atoms with Gasteiger partial charge in [0.2, 0.25) is 0 Å². The largest absolute Gasteiger partial charge is 0.357 e. The number of halogens is 1. The molecule has 2 aliphatic heterocycles. The van der Waals surface area contributed by atoms with E-state index in [1.165, 1.54) is 45.3 Å². The summed E-state index contributed by atoms with van der Waals surface area (Å²) in [5.74, 6) is 1.88. The monoisotopic (exact) mass is 308 g/mol. The fourth-order valence-electron chi connectivity index (χ4n) is 3.47. The molecule has 0 radical (unpaired) electrons. The van der Waals surface area contributed by atoms with E-state index in [2.05, 4.69) is 14.8 Å². The first kappa shape index (κ1) is 15.1. The van der Waals surface area contributed by atoms with E-state index in [1.807, 2.05) is 6.07 Å². The van der Waals surface area contributed by atoms with Gasteiger partial charge in [0.05, 0.1) is 5.02 Å². The molecule has 4 nitrogen and oxygen atoms in total. The van der Waals surface area contributed by atoms with Crippen molar-refractivity contribution in [1.29, 1.82) is 0 Å². The van der Waals surface area contributed by atoms with Crippen LogP contribution in [0.3, 0.4) is 0 Å². The second-order valence-electron chi connectivity index (χ2n) is 6.28. The third-order valence-electron chi connectivity index (χ3n) is 4.79. The van der Waals surface area contributed by atoms with E-state index in [1.54, 1.807) is 6.20 Å². The van der Waals surface area contributed by atoms with Crippen LogP contribution in [0.15, 0.2) is 12.3 Å². The third kappa shape index (κ3) is 3.68. The summed E-state index contributed by atoms with van der Waals surface area (Å²) in [6, 6.07) is 2.04. The van der Waals surface area contributed by atoms with Gasteiger partial charge in [-0.05, 0) is 56.3 Å². The molecule has 1 aromatic rings. The van der Waals surface area contributed by atoms with E-state index >= 15 is 0 Å². The van der Waals surface area contributed by atoms with Crippen molar-refractivity contribution in [3.63, 3.8) is 0 Å². The minimum Gasteiger partial charge on any atom is -0.357 e. The van der Waals surface area contributed by atoms with Gasteiger partial charge in [-0.3, -0.25) is 0 Å². The molecule has 0 unspecified atom stereocenters. The Morgan fingerprint density at radius 2 is 1.90 bits per heavy atom. The maximum absolute atomic E-state index is 6.09. The lowest BCUT2D eigenvalue weighted by molar-refractivity contribution is 0.249. The number of anilines is 1. The van der Waals surface area contributed by atoms with Crippen LogP contribution in [0.5, 0.6) is 0 Å². The van der Waals surface area contributed by atoms with Crippen LogP contribution >= 0.6 is 11.6 Å². The Kier molecular flexibility index (Phi) is 4.99. The van der Waals surface area contributed by atoms with Gasteiger partial charge in [-0.25, -0.2) is 4.98 Å². The lowest BCUT2D eigenvalue weighted by Crippen LogP contribution is -2.38. The van der Waals surface area contributed by atoms with Crippen molar-refractivity contribution in [3.8, 4) is 0 Å². The van der Waals surface area contributed by atoms with E-state index in [0.29, 0.717) is 11.6 Å². The highest BCUT2D eigenvalue weighted by molar-refractivity contribution is 6.31. The lowest BCUT2D eigenvalue weighted by Gasteiger charge is -2.34. The molecule has 0 amide bonds. The summed E-state index contributed by atoms with van der Waals surface area (Å²) in [6.45, 7) is 6.56. The fraction of sp³-hybridized carbons (Fsp3) is 0.688. The standard InChI is InChI=1S/C16H25ClN4/c17-15-11-19-16(9-14(15)10-18)21-7-3-13(4-8-21)12-20-5-1-2-6-20/h9,11,13H,1-8,10,12,18H2. The van der Waals surface area contributed by atoms with Gasteiger partial charge in [-0.15, -0.1) is 0 Å². The predicted octanol–water partition coefficient (Wildman–Crippen LogP) is 2.51. The zero-order valence-corrected chi connectivity index (χ0v) is 13.4. The first-order chi connectivity index (χ1) is 10.3. The Morgan fingerprint density at radius 3 is 2.57 bits per heavy atom. The van der Waals surface area contributed by atoms with Crippen molar-refractivity contribution in [2.75, 3.05) is 37.6 Å². The number of piperidine rings is 1. The predicted molar refractivity (Wildman–Crippen MR) is 87.7 cm³/mol. The maximum Gasteiger partial charge on any atom is 0.128 e. The molecule has 2 fully saturated rings. The fourth-order valence-corrected chi connectivity index (χ4v) is 3.65. The topological polar surface area (TPSA) is 45.4 Å². The summed E-state index contributed by atoms with van der Waals surface area (Å²) in [6.07, 6.45) is 7.03. The molecule has 2 N–H and O–H groups in total. The molecule has 3 rings (SSSR count). The van der Waals surface area contributed by atoms with E-state index in [0.717, 1.165) is 30.4 Å². The number of nitrogens with zero attached hydrogens (tertiary/aromatic N) is 3. The molecule has 0 spiro atoms. The third-order valence-corrected chi connectivity index (χ3v) is 5.13. The van der Waals surface area contributed by atoms with Gasteiger partial charge in [0, 0.05) is 32.4 Å². The van der Waals surface area contributed by atoms with Gasteiger partial charge in [0.15, 0.2) is 0 Å². The Bertz CT molecular complexity index is 465. The zero-order valence-electron chi connectivity index (χ0n) is 12.6. The van der Waals surface area contributed by atoms with Gasteiger partial charge in [-0.1, -0.05) is 11.6 Å². The average molecular weight is 309 g/mol. The second-order valence-corrected chi connectivity index (χ2v) is 6.68. The van der Waals surface area contributed by atoms with Gasteiger partial charge >= 0.3 is 0 Å². The maximum atomic E-state index is 6.09. The zero-order chi connectivity index (χ0) is 14.7. The van der Waals surface area contributed by atoms with Gasteiger partial charge in [-0.2, -0.15) is 0 Å². The normalized spacial score (nSPS) is 21.1. The van der Waals surface area contributed by atoms with E-state index < -0.39 is 0 Å². The van der Waals surface area contributed by atoms with Crippen LogP contribution in [-0.2, 0) is 6.54 Å². The number of hydrogen-bond donors (Lipinski definition) is 1. The summed E-state index contributed by atoms with van der Waals surface area (Å²) in [5.41, 5.74) is 6.71. The van der Waals surface area contributed by atoms with Gasteiger partial charge in [0.1, 0.15) is 5.82 Å². The van der Waals surface area contributed by atoms with Crippen LogP contribution in [0, 0.1) is 5.92 Å². The highest BCUT2D eigenvalue weighted by Gasteiger charge is 2.23.